The third-order valence-electron chi connectivity index (χ3n) is 4.18. The summed E-state index contributed by atoms with van der Waals surface area (Å²) >= 11 is 5.88. The third kappa shape index (κ3) is 5.98. The minimum Gasteiger partial charge on any atom is -0.369 e. The summed E-state index contributed by atoms with van der Waals surface area (Å²) in [6.45, 7) is 3.41. The number of unbranched alkanes of at least 4 members (excludes halogenated alkanes) is 1. The van der Waals surface area contributed by atoms with Gasteiger partial charge in [-0.3, -0.25) is 4.79 Å². The molecule has 7 nitrogen and oxygen atoms in total. The van der Waals surface area contributed by atoms with Gasteiger partial charge in [0.15, 0.2) is 5.15 Å². The number of nitrogens with zero attached hydrogens (tertiary/aromatic N) is 2. The van der Waals surface area contributed by atoms with Gasteiger partial charge in [0, 0.05) is 18.7 Å². The van der Waals surface area contributed by atoms with Crippen LogP contribution in [0.1, 0.15) is 25.7 Å². The van der Waals surface area contributed by atoms with Crippen LogP contribution >= 0.6 is 11.6 Å². The number of pyridine rings is 1. The van der Waals surface area contributed by atoms with Crippen molar-refractivity contribution in [3.63, 3.8) is 0 Å². The van der Waals surface area contributed by atoms with Crippen molar-refractivity contribution >= 4 is 29.2 Å². The van der Waals surface area contributed by atoms with Crippen LogP contribution < -0.4 is 16.4 Å². The highest BCUT2D eigenvalue weighted by Crippen LogP contribution is 2.17. The van der Waals surface area contributed by atoms with Gasteiger partial charge in [-0.05, 0) is 57.5 Å². The topological polar surface area (TPSA) is 100 Å². The lowest BCUT2D eigenvalue weighted by Crippen LogP contribution is -2.39. The van der Waals surface area contributed by atoms with Crippen LogP contribution in [-0.2, 0) is 4.79 Å². The molecule has 4 N–H and O–H groups in total. The summed E-state index contributed by atoms with van der Waals surface area (Å²) in [5, 5.41) is 5.74. The summed E-state index contributed by atoms with van der Waals surface area (Å²) in [5.41, 5.74) is 5.82. The number of rotatable bonds is 7. The molecule has 1 aliphatic rings. The highest BCUT2D eigenvalue weighted by molar-refractivity contribution is 6.32. The zero-order chi connectivity index (χ0) is 17.4. The van der Waals surface area contributed by atoms with E-state index in [-0.39, 0.29) is 23.0 Å². The number of primary amides is 1. The average molecular weight is 354 g/mol. The number of piperidine rings is 1. The molecule has 0 radical (unpaired) electrons. The number of carbonyl (C=O) groups excluding carboxylic acids is 2. The van der Waals surface area contributed by atoms with Crippen molar-refractivity contribution < 1.29 is 9.59 Å². The number of urea groups is 1. The molecule has 1 fully saturated rings. The maximum Gasteiger partial charge on any atom is 0.319 e. The highest BCUT2D eigenvalue weighted by Gasteiger charge is 2.22. The number of carbonyl (C=O) groups is 2. The van der Waals surface area contributed by atoms with Crippen LogP contribution in [0.5, 0.6) is 0 Å². The fourth-order valence-corrected chi connectivity index (χ4v) is 2.92. The number of hydrogen-bond acceptors (Lipinski definition) is 4. The molecule has 0 aliphatic carbocycles. The molecule has 0 unspecified atom stereocenters. The molecule has 1 saturated heterocycles. The monoisotopic (exact) mass is 353 g/mol. The molecule has 3 amide bonds. The van der Waals surface area contributed by atoms with Gasteiger partial charge in [0.05, 0.1) is 5.69 Å². The largest absolute Gasteiger partial charge is 0.369 e. The number of aromatic nitrogens is 1. The number of nitrogens with one attached hydrogen (secondary N) is 2. The van der Waals surface area contributed by atoms with E-state index in [1.165, 1.54) is 0 Å². The zero-order valence-corrected chi connectivity index (χ0v) is 14.4. The molecule has 0 saturated carbocycles. The Balaban J connectivity index is 1.55. The Bertz CT molecular complexity index is 561. The molecule has 0 aromatic carbocycles. The molecule has 0 atom stereocenters. The van der Waals surface area contributed by atoms with Gasteiger partial charge in [0.25, 0.3) is 0 Å². The second kappa shape index (κ2) is 9.44. The fraction of sp³-hybridized carbons (Fsp3) is 0.562. The van der Waals surface area contributed by atoms with Gasteiger partial charge < -0.3 is 21.3 Å². The Morgan fingerprint density at radius 1 is 1.33 bits per heavy atom. The first-order chi connectivity index (χ1) is 11.6. The Morgan fingerprint density at radius 3 is 2.75 bits per heavy atom. The lowest BCUT2D eigenvalue weighted by molar-refractivity contribution is -0.123. The molecule has 1 aromatic rings. The van der Waals surface area contributed by atoms with Crippen LogP contribution in [0, 0.1) is 5.92 Å². The van der Waals surface area contributed by atoms with E-state index in [1.54, 1.807) is 18.3 Å². The first kappa shape index (κ1) is 18.5. The molecule has 24 heavy (non-hydrogen) atoms. The van der Waals surface area contributed by atoms with Gasteiger partial charge in [-0.25, -0.2) is 9.78 Å². The van der Waals surface area contributed by atoms with Gasteiger partial charge in [-0.2, -0.15) is 0 Å². The van der Waals surface area contributed by atoms with E-state index in [4.69, 9.17) is 17.3 Å². The molecule has 0 bridgehead atoms. The maximum atomic E-state index is 11.8. The molecule has 1 aromatic heterocycles. The first-order valence-electron chi connectivity index (χ1n) is 8.23. The van der Waals surface area contributed by atoms with Gasteiger partial charge >= 0.3 is 6.03 Å². The molecule has 132 valence electrons. The first-order valence-corrected chi connectivity index (χ1v) is 8.61. The quantitative estimate of drug-likeness (QED) is 0.514. The summed E-state index contributed by atoms with van der Waals surface area (Å²) in [6, 6.07) is 3.13. The van der Waals surface area contributed by atoms with Crippen LogP contribution in [0.2, 0.25) is 5.15 Å². The molecule has 8 heteroatoms. The second-order valence-electron chi connectivity index (χ2n) is 5.95. The van der Waals surface area contributed by atoms with Crippen molar-refractivity contribution in [1.29, 1.82) is 0 Å². The van der Waals surface area contributed by atoms with E-state index in [1.807, 2.05) is 0 Å². The van der Waals surface area contributed by atoms with Crippen LogP contribution in [0.3, 0.4) is 0 Å². The van der Waals surface area contributed by atoms with Crippen molar-refractivity contribution in [2.45, 2.75) is 25.7 Å². The Labute approximate surface area is 146 Å². The minimum absolute atomic E-state index is 0.0333. The highest BCUT2D eigenvalue weighted by atomic mass is 35.5. The Hall–Kier alpha value is -1.86. The zero-order valence-electron chi connectivity index (χ0n) is 13.6. The van der Waals surface area contributed by atoms with Crippen molar-refractivity contribution in [3.05, 3.63) is 23.5 Å². The molecule has 0 spiro atoms. The van der Waals surface area contributed by atoms with Crippen LogP contribution in [0.25, 0.3) is 0 Å². The standard InChI is InChI=1S/C16H24ClN5O2/c17-14-13(4-3-8-19-14)21-16(24)20-7-1-2-9-22-10-5-12(6-11-22)15(18)23/h3-4,8,12H,1-2,5-7,9-11H2,(H2,18,23)(H2,20,21,24). The summed E-state index contributed by atoms with van der Waals surface area (Å²) in [7, 11) is 0. The maximum absolute atomic E-state index is 11.8. The van der Waals surface area contributed by atoms with E-state index in [0.717, 1.165) is 45.3 Å². The van der Waals surface area contributed by atoms with E-state index >= 15 is 0 Å². The number of anilines is 1. The van der Waals surface area contributed by atoms with Gasteiger partial charge in [0.2, 0.25) is 5.91 Å². The van der Waals surface area contributed by atoms with E-state index < -0.39 is 0 Å². The Kier molecular flexibility index (Phi) is 7.27. The summed E-state index contributed by atoms with van der Waals surface area (Å²) in [4.78, 5) is 29.1. The molecular weight excluding hydrogens is 330 g/mol. The minimum atomic E-state index is -0.285. The molecule has 2 heterocycles. The molecule has 2 rings (SSSR count). The number of halogens is 1. The van der Waals surface area contributed by atoms with E-state index in [9.17, 15) is 9.59 Å². The number of likely N-dealkylation sites (tertiary alicyclic amines) is 1. The van der Waals surface area contributed by atoms with Gasteiger partial charge in [-0.15, -0.1) is 0 Å². The van der Waals surface area contributed by atoms with Crippen LogP contribution in [-0.4, -0.2) is 48.0 Å². The van der Waals surface area contributed by atoms with Crippen LogP contribution in [0.15, 0.2) is 18.3 Å². The van der Waals surface area contributed by atoms with Crippen molar-refractivity contribution in [3.8, 4) is 0 Å². The van der Waals surface area contributed by atoms with Crippen LogP contribution in [0.4, 0.5) is 10.5 Å². The van der Waals surface area contributed by atoms with Crippen molar-refractivity contribution in [1.82, 2.24) is 15.2 Å². The number of amides is 3. The lowest BCUT2D eigenvalue weighted by atomic mass is 9.96. The average Bonchev–Trinajstić information content (AvgIpc) is 2.57. The Morgan fingerprint density at radius 2 is 2.08 bits per heavy atom. The fourth-order valence-electron chi connectivity index (χ4n) is 2.75. The molecular formula is C16H24ClN5O2. The summed E-state index contributed by atoms with van der Waals surface area (Å²) in [5.74, 6) is -0.149. The predicted octanol–water partition coefficient (Wildman–Crippen LogP) is 1.83. The smallest absolute Gasteiger partial charge is 0.319 e. The van der Waals surface area contributed by atoms with E-state index in [2.05, 4.69) is 20.5 Å². The summed E-state index contributed by atoms with van der Waals surface area (Å²) < 4.78 is 0. The third-order valence-corrected chi connectivity index (χ3v) is 4.49. The number of hydrogen-bond donors (Lipinski definition) is 3. The second-order valence-corrected chi connectivity index (χ2v) is 6.31. The normalized spacial score (nSPS) is 15.9. The van der Waals surface area contributed by atoms with Crippen molar-refractivity contribution in [2.24, 2.45) is 11.7 Å². The molecule has 1 aliphatic heterocycles. The number of nitrogens with two attached hydrogens (primary N) is 1. The SMILES string of the molecule is NC(=O)C1CCN(CCCCNC(=O)Nc2cccnc2Cl)CC1. The van der Waals surface area contributed by atoms with E-state index in [0.29, 0.717) is 12.2 Å². The lowest BCUT2D eigenvalue weighted by Gasteiger charge is -2.30. The van der Waals surface area contributed by atoms with Gasteiger partial charge in [0.1, 0.15) is 0 Å². The van der Waals surface area contributed by atoms with Gasteiger partial charge in [-0.1, -0.05) is 11.6 Å². The summed E-state index contributed by atoms with van der Waals surface area (Å²) in [6.07, 6.45) is 5.15. The predicted molar refractivity (Wildman–Crippen MR) is 93.9 cm³/mol. The van der Waals surface area contributed by atoms with Crippen molar-refractivity contribution in [2.75, 3.05) is 31.5 Å².